The number of carbonyl (C=O) groups is 1. The van der Waals surface area contributed by atoms with E-state index in [1.54, 1.807) is 24.3 Å². The highest BCUT2D eigenvalue weighted by Gasteiger charge is 2.24. The summed E-state index contributed by atoms with van der Waals surface area (Å²) in [4.78, 5) is 13.2. The number of rotatable bonds is 8. The Morgan fingerprint density at radius 1 is 0.966 bits per heavy atom. The first kappa shape index (κ1) is 20.6. The van der Waals surface area contributed by atoms with Crippen molar-refractivity contribution in [1.82, 2.24) is 5.32 Å². The molecule has 0 spiro atoms. The summed E-state index contributed by atoms with van der Waals surface area (Å²) in [6, 6.07) is 22.2. The summed E-state index contributed by atoms with van der Waals surface area (Å²) in [5.41, 5.74) is 1.90. The highest BCUT2D eigenvalue weighted by atomic mass is 19.1. The molecule has 2 unspecified atom stereocenters. The van der Waals surface area contributed by atoms with Crippen LogP contribution in [0.25, 0.3) is 0 Å². The van der Waals surface area contributed by atoms with Gasteiger partial charge in [0.2, 0.25) is 5.91 Å². The topological polar surface area (TPSA) is 50.4 Å². The van der Waals surface area contributed by atoms with E-state index >= 15 is 0 Å². The molecule has 0 heterocycles. The quantitative estimate of drug-likeness (QED) is 0.550. The lowest BCUT2D eigenvalue weighted by Gasteiger charge is -2.24. The number of hydrogen-bond acceptors (Lipinski definition) is 3. The van der Waals surface area contributed by atoms with Crippen LogP contribution in [0, 0.1) is 5.82 Å². The van der Waals surface area contributed by atoms with Crippen LogP contribution in [0.5, 0.6) is 5.75 Å². The van der Waals surface area contributed by atoms with Crippen molar-refractivity contribution in [1.29, 1.82) is 0 Å². The molecule has 3 rings (SSSR count). The van der Waals surface area contributed by atoms with Gasteiger partial charge < -0.3 is 10.1 Å². The van der Waals surface area contributed by atoms with Crippen molar-refractivity contribution < 1.29 is 13.9 Å². The maximum atomic E-state index is 14.2. The van der Waals surface area contributed by atoms with Crippen molar-refractivity contribution in [2.24, 2.45) is 0 Å². The van der Waals surface area contributed by atoms with Crippen molar-refractivity contribution in [3.05, 3.63) is 95.8 Å². The van der Waals surface area contributed by atoms with Crippen molar-refractivity contribution in [3.8, 4) is 5.75 Å². The fourth-order valence-electron chi connectivity index (χ4n) is 3.19. The van der Waals surface area contributed by atoms with E-state index in [9.17, 15) is 9.18 Å². The smallest absolute Gasteiger partial charge is 0.246 e. The summed E-state index contributed by atoms with van der Waals surface area (Å²) in [5, 5.41) is 6.21. The molecular formula is C24H25FN2O2. The van der Waals surface area contributed by atoms with Crippen LogP contribution >= 0.6 is 0 Å². The van der Waals surface area contributed by atoms with Crippen LogP contribution in [0.3, 0.4) is 0 Å². The van der Waals surface area contributed by atoms with Gasteiger partial charge in [0, 0.05) is 11.6 Å². The molecule has 0 radical (unpaired) electrons. The Labute approximate surface area is 170 Å². The van der Waals surface area contributed by atoms with Crippen molar-refractivity contribution >= 4 is 11.6 Å². The Hall–Kier alpha value is -3.18. The lowest BCUT2D eigenvalue weighted by atomic mass is 10.0. The number of para-hydroxylation sites is 2. The van der Waals surface area contributed by atoms with E-state index in [0.717, 1.165) is 5.56 Å². The zero-order valence-corrected chi connectivity index (χ0v) is 16.6. The molecule has 0 aliphatic rings. The Kier molecular flexibility index (Phi) is 6.98. The van der Waals surface area contributed by atoms with E-state index in [-0.39, 0.29) is 17.8 Å². The minimum Gasteiger partial charge on any atom is -0.492 e. The largest absolute Gasteiger partial charge is 0.492 e. The highest BCUT2D eigenvalue weighted by Crippen LogP contribution is 2.27. The second-order valence-electron chi connectivity index (χ2n) is 6.67. The van der Waals surface area contributed by atoms with Gasteiger partial charge in [-0.15, -0.1) is 0 Å². The molecule has 0 fully saturated rings. The average molecular weight is 392 g/mol. The lowest BCUT2D eigenvalue weighted by Crippen LogP contribution is -2.35. The monoisotopic (exact) mass is 392 g/mol. The summed E-state index contributed by atoms with van der Waals surface area (Å²) in [5.74, 6) is 0.0604. The molecule has 0 saturated carbocycles. The van der Waals surface area contributed by atoms with E-state index in [2.05, 4.69) is 10.6 Å². The summed E-state index contributed by atoms with van der Waals surface area (Å²) < 4.78 is 19.8. The van der Waals surface area contributed by atoms with E-state index in [4.69, 9.17) is 4.74 Å². The van der Waals surface area contributed by atoms with Crippen molar-refractivity contribution in [2.45, 2.75) is 25.9 Å². The van der Waals surface area contributed by atoms with Gasteiger partial charge >= 0.3 is 0 Å². The Morgan fingerprint density at radius 3 is 2.34 bits per heavy atom. The highest BCUT2D eigenvalue weighted by molar-refractivity contribution is 5.96. The van der Waals surface area contributed by atoms with Crippen LogP contribution in [0.4, 0.5) is 10.1 Å². The number of nitrogens with one attached hydrogen (secondary N) is 2. The van der Waals surface area contributed by atoms with E-state index in [1.807, 2.05) is 62.4 Å². The second kappa shape index (κ2) is 9.85. The summed E-state index contributed by atoms with van der Waals surface area (Å²) in [6.45, 7) is 4.23. The number of ether oxygens (including phenoxy) is 1. The molecule has 150 valence electrons. The second-order valence-corrected chi connectivity index (χ2v) is 6.67. The zero-order valence-electron chi connectivity index (χ0n) is 16.6. The van der Waals surface area contributed by atoms with Gasteiger partial charge in [-0.3, -0.25) is 10.1 Å². The van der Waals surface area contributed by atoms with Gasteiger partial charge in [-0.05, 0) is 37.6 Å². The molecule has 0 aliphatic heterocycles. The molecule has 0 aliphatic carbocycles. The Bertz CT molecular complexity index is 946. The van der Waals surface area contributed by atoms with Crippen LogP contribution in [-0.4, -0.2) is 12.5 Å². The van der Waals surface area contributed by atoms with Crippen LogP contribution < -0.4 is 15.4 Å². The van der Waals surface area contributed by atoms with Crippen molar-refractivity contribution in [2.75, 3.05) is 11.9 Å². The number of amides is 1. The predicted molar refractivity (Wildman–Crippen MR) is 113 cm³/mol. The standard InChI is InChI=1S/C24H25FN2O2/c1-3-29-22-16-10-9-15-21(22)27-24(28)23(18-11-5-4-6-12-18)26-17(2)19-13-7-8-14-20(19)25/h4-17,23,26H,3H2,1-2H3,(H,27,28). The first-order chi connectivity index (χ1) is 14.1. The average Bonchev–Trinajstić information content (AvgIpc) is 2.74. The van der Waals surface area contributed by atoms with Gasteiger partial charge in [-0.2, -0.15) is 0 Å². The number of anilines is 1. The molecular weight excluding hydrogens is 367 g/mol. The van der Waals surface area contributed by atoms with Gasteiger partial charge in [0.15, 0.2) is 0 Å². The number of benzene rings is 3. The van der Waals surface area contributed by atoms with Gasteiger partial charge in [0.1, 0.15) is 17.6 Å². The van der Waals surface area contributed by atoms with E-state index in [0.29, 0.717) is 23.6 Å². The summed E-state index contributed by atoms with van der Waals surface area (Å²) in [7, 11) is 0. The van der Waals surface area contributed by atoms with Crippen LogP contribution in [0.2, 0.25) is 0 Å². The van der Waals surface area contributed by atoms with Crippen LogP contribution in [0.15, 0.2) is 78.9 Å². The van der Waals surface area contributed by atoms with E-state index < -0.39 is 6.04 Å². The molecule has 0 bridgehead atoms. The molecule has 0 saturated heterocycles. The molecule has 4 nitrogen and oxygen atoms in total. The maximum Gasteiger partial charge on any atom is 0.246 e. The third kappa shape index (κ3) is 5.21. The molecule has 3 aromatic rings. The predicted octanol–water partition coefficient (Wildman–Crippen LogP) is 5.26. The Morgan fingerprint density at radius 2 is 1.62 bits per heavy atom. The third-order valence-electron chi connectivity index (χ3n) is 4.63. The molecule has 29 heavy (non-hydrogen) atoms. The Balaban J connectivity index is 1.86. The molecule has 2 N–H and O–H groups in total. The van der Waals surface area contributed by atoms with Gasteiger partial charge in [-0.1, -0.05) is 60.7 Å². The van der Waals surface area contributed by atoms with E-state index in [1.165, 1.54) is 6.07 Å². The first-order valence-corrected chi connectivity index (χ1v) is 9.68. The lowest BCUT2D eigenvalue weighted by molar-refractivity contribution is -0.118. The number of hydrogen-bond donors (Lipinski definition) is 2. The van der Waals surface area contributed by atoms with Crippen molar-refractivity contribution in [3.63, 3.8) is 0 Å². The fraction of sp³-hybridized carbons (Fsp3) is 0.208. The van der Waals surface area contributed by atoms with Crippen LogP contribution in [-0.2, 0) is 4.79 Å². The number of carbonyl (C=O) groups excluding carboxylic acids is 1. The van der Waals surface area contributed by atoms with Gasteiger partial charge in [-0.25, -0.2) is 4.39 Å². The molecule has 5 heteroatoms. The maximum absolute atomic E-state index is 14.2. The molecule has 2 atom stereocenters. The fourth-order valence-corrected chi connectivity index (χ4v) is 3.19. The third-order valence-corrected chi connectivity index (χ3v) is 4.63. The number of halogens is 1. The minimum absolute atomic E-state index is 0.244. The zero-order chi connectivity index (χ0) is 20.6. The molecule has 0 aromatic heterocycles. The molecule has 3 aromatic carbocycles. The summed E-state index contributed by atoms with van der Waals surface area (Å²) >= 11 is 0. The van der Waals surface area contributed by atoms with Gasteiger partial charge in [0.25, 0.3) is 0 Å². The first-order valence-electron chi connectivity index (χ1n) is 9.68. The SMILES string of the molecule is CCOc1ccccc1NC(=O)C(NC(C)c1ccccc1F)c1ccccc1. The van der Waals surface area contributed by atoms with Gasteiger partial charge in [0.05, 0.1) is 12.3 Å². The normalized spacial score (nSPS) is 12.8. The molecule has 1 amide bonds. The summed E-state index contributed by atoms with van der Waals surface area (Å²) in [6.07, 6.45) is 0. The minimum atomic E-state index is -0.666. The van der Waals surface area contributed by atoms with Crippen LogP contribution in [0.1, 0.15) is 37.1 Å².